The number of likely N-dealkylation sites (tertiary alicyclic amines) is 1. The number of hydrogen-bond donors (Lipinski definition) is 0. The van der Waals surface area contributed by atoms with Crippen LogP contribution in [0.4, 0.5) is 0 Å². The van der Waals surface area contributed by atoms with Crippen LogP contribution in [-0.2, 0) is 4.79 Å². The molecule has 2 nitrogen and oxygen atoms in total. The predicted octanol–water partition coefficient (Wildman–Crippen LogP) is 3.16. The van der Waals surface area contributed by atoms with E-state index < -0.39 is 0 Å². The number of thiophene rings is 1. The minimum atomic E-state index is 0.153. The molecule has 0 unspecified atom stereocenters. The molecule has 1 amide bonds. The van der Waals surface area contributed by atoms with Gasteiger partial charge in [0.2, 0.25) is 5.91 Å². The third kappa shape index (κ3) is 2.73. The number of nitrogens with zero attached hydrogens (tertiary/aromatic N) is 1. The van der Waals surface area contributed by atoms with Gasteiger partial charge in [-0.15, -0.1) is 11.3 Å². The predicted molar refractivity (Wildman–Crippen MR) is 68.4 cm³/mol. The van der Waals surface area contributed by atoms with E-state index in [1.54, 1.807) is 17.4 Å². The van der Waals surface area contributed by atoms with E-state index in [4.69, 9.17) is 0 Å². The molecule has 0 aliphatic carbocycles. The van der Waals surface area contributed by atoms with Crippen molar-refractivity contribution in [2.24, 2.45) is 0 Å². The third-order valence-corrected chi connectivity index (χ3v) is 3.86. The molecule has 1 aromatic heterocycles. The fraction of sp³-hybridized carbons (Fsp3) is 0.462. The van der Waals surface area contributed by atoms with E-state index in [2.05, 4.69) is 6.92 Å². The molecule has 3 heteroatoms. The van der Waals surface area contributed by atoms with Gasteiger partial charge in [0.25, 0.3) is 0 Å². The standard InChI is InChI=1S/C13H17NOS/c1-11-5-2-3-9-14(11)13(15)8-7-12-6-4-10-16-12/h4,6-8,10-11H,2-3,5,9H2,1H3/b8-7+/t11-/m0/s1. The summed E-state index contributed by atoms with van der Waals surface area (Å²) < 4.78 is 0. The SMILES string of the molecule is C[C@H]1CCCCN1C(=O)/C=C/c1cccs1. The first kappa shape index (κ1) is 11.4. The van der Waals surface area contributed by atoms with Crippen LogP contribution in [0.3, 0.4) is 0 Å². The summed E-state index contributed by atoms with van der Waals surface area (Å²) in [5, 5.41) is 2.02. The molecule has 0 spiro atoms. The molecule has 1 atom stereocenters. The Labute approximate surface area is 101 Å². The van der Waals surface area contributed by atoms with Crippen molar-refractivity contribution in [1.82, 2.24) is 4.90 Å². The zero-order valence-corrected chi connectivity index (χ0v) is 10.4. The molecule has 0 aromatic carbocycles. The number of amides is 1. The van der Waals surface area contributed by atoms with E-state index in [0.29, 0.717) is 6.04 Å². The third-order valence-electron chi connectivity index (χ3n) is 3.02. The summed E-state index contributed by atoms with van der Waals surface area (Å²) in [5.74, 6) is 0.153. The number of hydrogen-bond acceptors (Lipinski definition) is 2. The molecule has 2 rings (SSSR count). The highest BCUT2D eigenvalue weighted by Crippen LogP contribution is 2.17. The van der Waals surface area contributed by atoms with Gasteiger partial charge in [0, 0.05) is 23.5 Å². The normalized spacial score (nSPS) is 21.6. The topological polar surface area (TPSA) is 20.3 Å². The molecular weight excluding hydrogens is 218 g/mol. The van der Waals surface area contributed by atoms with Crippen molar-refractivity contribution in [3.63, 3.8) is 0 Å². The van der Waals surface area contributed by atoms with Crippen molar-refractivity contribution in [3.8, 4) is 0 Å². The number of carbonyl (C=O) groups excluding carboxylic acids is 1. The van der Waals surface area contributed by atoms with Crippen LogP contribution in [0.15, 0.2) is 23.6 Å². The molecule has 1 saturated heterocycles. The number of piperidine rings is 1. The van der Waals surface area contributed by atoms with Gasteiger partial charge in [-0.2, -0.15) is 0 Å². The molecule has 0 bridgehead atoms. The second-order valence-electron chi connectivity index (χ2n) is 4.23. The molecule has 0 N–H and O–H groups in total. The highest BCUT2D eigenvalue weighted by Gasteiger charge is 2.20. The van der Waals surface area contributed by atoms with E-state index in [1.165, 1.54) is 6.42 Å². The minimum absolute atomic E-state index is 0.153. The average molecular weight is 235 g/mol. The van der Waals surface area contributed by atoms with Crippen molar-refractivity contribution in [1.29, 1.82) is 0 Å². The van der Waals surface area contributed by atoms with Crippen LogP contribution in [0.1, 0.15) is 31.1 Å². The van der Waals surface area contributed by atoms with Crippen LogP contribution >= 0.6 is 11.3 Å². The Bertz CT molecular complexity index is 369. The van der Waals surface area contributed by atoms with E-state index in [9.17, 15) is 4.79 Å². The fourth-order valence-electron chi connectivity index (χ4n) is 2.06. The summed E-state index contributed by atoms with van der Waals surface area (Å²) >= 11 is 1.65. The molecule has 1 aromatic rings. The molecule has 2 heterocycles. The van der Waals surface area contributed by atoms with Gasteiger partial charge >= 0.3 is 0 Å². The maximum atomic E-state index is 11.9. The fourth-order valence-corrected chi connectivity index (χ4v) is 2.68. The van der Waals surface area contributed by atoms with Gasteiger partial charge in [-0.25, -0.2) is 0 Å². The van der Waals surface area contributed by atoms with Crippen LogP contribution in [-0.4, -0.2) is 23.4 Å². The summed E-state index contributed by atoms with van der Waals surface area (Å²) in [7, 11) is 0. The molecule has 0 radical (unpaired) electrons. The van der Waals surface area contributed by atoms with Crippen molar-refractivity contribution in [2.45, 2.75) is 32.2 Å². The summed E-state index contributed by atoms with van der Waals surface area (Å²) in [6.07, 6.45) is 7.14. The molecule has 16 heavy (non-hydrogen) atoms. The zero-order valence-electron chi connectivity index (χ0n) is 9.56. The monoisotopic (exact) mass is 235 g/mol. The van der Waals surface area contributed by atoms with Gasteiger partial charge in [-0.3, -0.25) is 4.79 Å². The second-order valence-corrected chi connectivity index (χ2v) is 5.20. The minimum Gasteiger partial charge on any atom is -0.336 e. The van der Waals surface area contributed by atoms with Gasteiger partial charge in [0.15, 0.2) is 0 Å². The van der Waals surface area contributed by atoms with Crippen LogP contribution in [0.25, 0.3) is 6.08 Å². The lowest BCUT2D eigenvalue weighted by atomic mass is 10.0. The van der Waals surface area contributed by atoms with E-state index in [0.717, 1.165) is 24.3 Å². The summed E-state index contributed by atoms with van der Waals surface area (Å²) in [5.41, 5.74) is 0. The Kier molecular flexibility index (Phi) is 3.78. The number of rotatable bonds is 2. The van der Waals surface area contributed by atoms with Gasteiger partial charge in [-0.05, 0) is 43.7 Å². The van der Waals surface area contributed by atoms with E-state index in [1.807, 2.05) is 28.5 Å². The Balaban J connectivity index is 1.97. The van der Waals surface area contributed by atoms with Crippen molar-refractivity contribution >= 4 is 23.3 Å². The maximum Gasteiger partial charge on any atom is 0.246 e. The average Bonchev–Trinajstić information content (AvgIpc) is 2.79. The van der Waals surface area contributed by atoms with Crippen molar-refractivity contribution < 1.29 is 4.79 Å². The first-order valence-electron chi connectivity index (χ1n) is 5.79. The molecule has 86 valence electrons. The van der Waals surface area contributed by atoms with Crippen LogP contribution < -0.4 is 0 Å². The molecular formula is C13H17NOS. The first-order valence-corrected chi connectivity index (χ1v) is 6.67. The van der Waals surface area contributed by atoms with Gasteiger partial charge in [0.05, 0.1) is 0 Å². The highest BCUT2D eigenvalue weighted by atomic mass is 32.1. The Morgan fingerprint density at radius 1 is 1.56 bits per heavy atom. The zero-order chi connectivity index (χ0) is 11.4. The lowest BCUT2D eigenvalue weighted by Gasteiger charge is -2.32. The van der Waals surface area contributed by atoms with Crippen LogP contribution in [0.5, 0.6) is 0 Å². The summed E-state index contributed by atoms with van der Waals surface area (Å²) in [6, 6.07) is 4.42. The van der Waals surface area contributed by atoms with Crippen LogP contribution in [0.2, 0.25) is 0 Å². The van der Waals surface area contributed by atoms with E-state index in [-0.39, 0.29) is 5.91 Å². The van der Waals surface area contributed by atoms with Gasteiger partial charge in [0.1, 0.15) is 0 Å². The van der Waals surface area contributed by atoms with Gasteiger partial charge < -0.3 is 4.90 Å². The Morgan fingerprint density at radius 2 is 2.44 bits per heavy atom. The van der Waals surface area contributed by atoms with Crippen molar-refractivity contribution in [2.75, 3.05) is 6.54 Å². The second kappa shape index (κ2) is 5.30. The van der Waals surface area contributed by atoms with Crippen molar-refractivity contribution in [3.05, 3.63) is 28.5 Å². The number of carbonyl (C=O) groups is 1. The first-order chi connectivity index (χ1) is 7.77. The molecule has 1 aliphatic heterocycles. The van der Waals surface area contributed by atoms with E-state index >= 15 is 0 Å². The smallest absolute Gasteiger partial charge is 0.246 e. The van der Waals surface area contributed by atoms with Gasteiger partial charge in [-0.1, -0.05) is 6.07 Å². The highest BCUT2D eigenvalue weighted by molar-refractivity contribution is 7.10. The summed E-state index contributed by atoms with van der Waals surface area (Å²) in [6.45, 7) is 3.05. The molecule has 1 fully saturated rings. The maximum absolute atomic E-state index is 11.9. The van der Waals surface area contributed by atoms with Crippen LogP contribution in [0, 0.1) is 0 Å². The Hall–Kier alpha value is -1.09. The lowest BCUT2D eigenvalue weighted by Crippen LogP contribution is -2.41. The summed E-state index contributed by atoms with van der Waals surface area (Å²) in [4.78, 5) is 15.1. The Morgan fingerprint density at radius 3 is 3.12 bits per heavy atom. The quantitative estimate of drug-likeness (QED) is 0.721. The lowest BCUT2D eigenvalue weighted by molar-refractivity contribution is -0.129. The molecule has 0 saturated carbocycles. The molecule has 1 aliphatic rings. The largest absolute Gasteiger partial charge is 0.336 e.